The molecule has 13 heavy (non-hydrogen) atoms. The number of nitrogens with zero attached hydrogens (tertiary/aromatic N) is 1. The van der Waals surface area contributed by atoms with Crippen LogP contribution in [0.4, 0.5) is 0 Å². The van der Waals surface area contributed by atoms with Gasteiger partial charge < -0.3 is 0 Å². The molecule has 0 amide bonds. The molecule has 0 unspecified atom stereocenters. The Kier molecular flexibility index (Phi) is 11.2. The molecule has 0 radical (unpaired) electrons. The first-order chi connectivity index (χ1) is 5.59. The van der Waals surface area contributed by atoms with Crippen molar-refractivity contribution in [1.29, 1.82) is 0 Å². The zero-order chi connectivity index (χ0) is 9.56. The van der Waals surface area contributed by atoms with E-state index in [-0.39, 0.29) is 18.9 Å². The Morgan fingerprint density at radius 1 is 0.923 bits per heavy atom. The van der Waals surface area contributed by atoms with E-state index in [1.54, 1.807) is 0 Å². The molecule has 0 rings (SSSR count). The Morgan fingerprint density at radius 3 is 1.69 bits per heavy atom. The summed E-state index contributed by atoms with van der Waals surface area (Å²) in [5.74, 6) is 0. The van der Waals surface area contributed by atoms with E-state index < -0.39 is 0 Å². The van der Waals surface area contributed by atoms with Gasteiger partial charge >= 0.3 is 18.9 Å². The van der Waals surface area contributed by atoms with E-state index in [0.717, 1.165) is 0 Å². The predicted octanol–water partition coefficient (Wildman–Crippen LogP) is 2.65. The average molecular weight is 179 g/mol. The molecule has 0 atom stereocenters. The third kappa shape index (κ3) is 7.61. The first kappa shape index (κ1) is 16.0. The Labute approximate surface area is 96.4 Å². The van der Waals surface area contributed by atoms with Crippen LogP contribution in [-0.4, -0.2) is 42.4 Å². The van der Waals surface area contributed by atoms with Gasteiger partial charge in [0.1, 0.15) is 0 Å². The van der Waals surface area contributed by atoms with Crippen LogP contribution in [0.15, 0.2) is 0 Å². The van der Waals surface area contributed by atoms with E-state index in [1.807, 2.05) is 0 Å². The van der Waals surface area contributed by atoms with Gasteiger partial charge in [0, 0.05) is 12.1 Å². The molecule has 0 aromatic heterocycles. The quantitative estimate of drug-likeness (QED) is 0.447. The van der Waals surface area contributed by atoms with Crippen molar-refractivity contribution in [3.63, 3.8) is 0 Å². The monoisotopic (exact) mass is 179 g/mol. The van der Waals surface area contributed by atoms with Crippen molar-refractivity contribution in [2.45, 2.75) is 66.0 Å². The molecule has 0 spiro atoms. The molecular weight excluding hydrogens is 153 g/mol. The van der Waals surface area contributed by atoms with E-state index in [0.29, 0.717) is 12.1 Å². The zero-order valence-corrected chi connectivity index (χ0v) is 9.43. The topological polar surface area (TPSA) is 3.24 Å². The van der Waals surface area contributed by atoms with Crippen LogP contribution in [0.25, 0.3) is 0 Å². The van der Waals surface area contributed by atoms with Gasteiger partial charge in [-0.1, -0.05) is 19.8 Å². The van der Waals surface area contributed by atoms with Gasteiger partial charge in [0.05, 0.1) is 0 Å². The normalized spacial score (nSPS) is 11.1. The molecule has 0 bridgehead atoms. The number of rotatable bonds is 6. The summed E-state index contributed by atoms with van der Waals surface area (Å²) in [5, 5.41) is 0. The Balaban J connectivity index is 0. The van der Waals surface area contributed by atoms with Gasteiger partial charge in [0.25, 0.3) is 0 Å². The van der Waals surface area contributed by atoms with Crippen LogP contribution in [0.1, 0.15) is 53.9 Å². The summed E-state index contributed by atoms with van der Waals surface area (Å²) in [5.41, 5.74) is 0. The van der Waals surface area contributed by atoms with Gasteiger partial charge in [-0.2, -0.15) is 0 Å². The minimum atomic E-state index is 0. The van der Waals surface area contributed by atoms with E-state index >= 15 is 0 Å². The minimum absolute atomic E-state index is 0. The van der Waals surface area contributed by atoms with Gasteiger partial charge in [0.15, 0.2) is 0 Å². The van der Waals surface area contributed by atoms with Crippen LogP contribution in [0, 0.1) is 0 Å². The SMILES string of the molecule is CCCCCN(C(C)C)C(C)C.[LiH]. The van der Waals surface area contributed by atoms with Crippen molar-refractivity contribution < 1.29 is 0 Å². The zero-order valence-electron chi connectivity index (χ0n) is 9.43. The van der Waals surface area contributed by atoms with Crippen LogP contribution in [0.2, 0.25) is 0 Å². The summed E-state index contributed by atoms with van der Waals surface area (Å²) < 4.78 is 0. The summed E-state index contributed by atoms with van der Waals surface area (Å²) >= 11 is 0. The van der Waals surface area contributed by atoms with Crippen molar-refractivity contribution in [3.8, 4) is 0 Å². The molecule has 0 aliphatic carbocycles. The Morgan fingerprint density at radius 2 is 1.38 bits per heavy atom. The van der Waals surface area contributed by atoms with Crippen LogP contribution in [-0.2, 0) is 0 Å². The molecule has 0 saturated carbocycles. The standard InChI is InChI=1S/C11H25N.Li.H/c1-6-7-8-9-12(10(2)3)11(4)5;;/h10-11H,6-9H2,1-5H3;;. The third-order valence-corrected chi connectivity index (χ3v) is 2.35. The van der Waals surface area contributed by atoms with Crippen molar-refractivity contribution >= 4 is 18.9 Å². The molecule has 0 aromatic carbocycles. The molecule has 0 heterocycles. The Bertz CT molecular complexity index is 94.3. The second-order valence-electron chi connectivity index (χ2n) is 4.13. The molecule has 0 N–H and O–H groups in total. The fourth-order valence-corrected chi connectivity index (χ4v) is 1.66. The summed E-state index contributed by atoms with van der Waals surface area (Å²) in [6, 6.07) is 1.39. The molecule has 0 aliphatic rings. The van der Waals surface area contributed by atoms with E-state index in [9.17, 15) is 0 Å². The Hall–Kier alpha value is 0.557. The van der Waals surface area contributed by atoms with Crippen LogP contribution in [0.5, 0.6) is 0 Å². The van der Waals surface area contributed by atoms with Crippen molar-refractivity contribution in [2.75, 3.05) is 6.54 Å². The van der Waals surface area contributed by atoms with E-state index in [4.69, 9.17) is 0 Å². The fraction of sp³-hybridized carbons (Fsp3) is 1.00. The van der Waals surface area contributed by atoms with Gasteiger partial charge in [-0.15, -0.1) is 0 Å². The van der Waals surface area contributed by atoms with Gasteiger partial charge in [-0.3, -0.25) is 4.90 Å². The second kappa shape index (κ2) is 9.13. The molecule has 0 saturated heterocycles. The molecule has 0 aliphatic heterocycles. The van der Waals surface area contributed by atoms with Gasteiger partial charge in [-0.25, -0.2) is 0 Å². The second-order valence-corrected chi connectivity index (χ2v) is 4.13. The van der Waals surface area contributed by atoms with Gasteiger partial charge in [0.2, 0.25) is 0 Å². The number of unbranched alkanes of at least 4 members (excludes halogenated alkanes) is 2. The summed E-state index contributed by atoms with van der Waals surface area (Å²) in [6.07, 6.45) is 4.05. The summed E-state index contributed by atoms with van der Waals surface area (Å²) in [4.78, 5) is 2.57. The molecule has 2 heteroatoms. The predicted molar refractivity (Wildman–Crippen MR) is 63.7 cm³/mol. The third-order valence-electron chi connectivity index (χ3n) is 2.35. The first-order valence-electron chi connectivity index (χ1n) is 5.35. The first-order valence-corrected chi connectivity index (χ1v) is 5.35. The number of hydrogen-bond acceptors (Lipinski definition) is 1. The molecule has 1 nitrogen and oxygen atoms in total. The van der Waals surface area contributed by atoms with Crippen LogP contribution < -0.4 is 0 Å². The molecule has 0 aromatic rings. The van der Waals surface area contributed by atoms with Crippen molar-refractivity contribution in [2.24, 2.45) is 0 Å². The van der Waals surface area contributed by atoms with E-state index in [2.05, 4.69) is 39.5 Å². The summed E-state index contributed by atoms with van der Waals surface area (Å²) in [7, 11) is 0. The van der Waals surface area contributed by atoms with Crippen molar-refractivity contribution in [1.82, 2.24) is 4.90 Å². The fourth-order valence-electron chi connectivity index (χ4n) is 1.66. The molecule has 76 valence electrons. The van der Waals surface area contributed by atoms with E-state index in [1.165, 1.54) is 25.8 Å². The van der Waals surface area contributed by atoms with Crippen molar-refractivity contribution in [3.05, 3.63) is 0 Å². The van der Waals surface area contributed by atoms with Crippen LogP contribution >= 0.6 is 0 Å². The molecule has 0 fully saturated rings. The van der Waals surface area contributed by atoms with Gasteiger partial charge in [-0.05, 0) is 40.7 Å². The van der Waals surface area contributed by atoms with Crippen LogP contribution in [0.3, 0.4) is 0 Å². The average Bonchev–Trinajstić information content (AvgIpc) is 1.96. The maximum atomic E-state index is 2.57. The maximum absolute atomic E-state index is 2.57. The summed E-state index contributed by atoms with van der Waals surface area (Å²) in [6.45, 7) is 12.7. The molecular formula is C11H26LiN. The number of hydrogen-bond donors (Lipinski definition) is 0.